The topological polar surface area (TPSA) is 81.6 Å². The van der Waals surface area contributed by atoms with Gasteiger partial charge in [-0.05, 0) is 73.7 Å². The fraction of sp³-hybridized carbons (Fsp3) is 0.174. The number of hydrogen-bond acceptors (Lipinski definition) is 4. The Morgan fingerprint density at radius 1 is 1.17 bits per heavy atom. The lowest BCUT2D eigenvalue weighted by Crippen LogP contribution is -2.13. The molecule has 2 aromatic heterocycles. The number of aryl methyl sites for hydroxylation is 1. The van der Waals surface area contributed by atoms with Crippen LogP contribution in [0.2, 0.25) is 5.02 Å². The maximum Gasteiger partial charge on any atom is 0.267 e. The number of thiophene rings is 1. The standard InChI is InChI=1S/C23H17ClN4OS/c24-16-7-9-17(10-8-16)28-11-3-4-18(28)12-15(13-25)22(29)27-23-20(14-26)19-5-1-2-6-21(19)30-23/h3-4,7-12H,1-2,5-6H2,(H,27,29)/b15-12+. The normalized spacial score (nSPS) is 13.2. The van der Waals surface area contributed by atoms with E-state index in [-0.39, 0.29) is 5.57 Å². The largest absolute Gasteiger partial charge is 0.317 e. The first-order chi connectivity index (χ1) is 14.6. The smallest absolute Gasteiger partial charge is 0.267 e. The number of nitriles is 2. The molecule has 3 aromatic rings. The van der Waals surface area contributed by atoms with Crippen molar-refractivity contribution in [2.75, 3.05) is 5.32 Å². The van der Waals surface area contributed by atoms with Crippen LogP contribution in [0, 0.1) is 22.7 Å². The Hall–Kier alpha value is -3.32. The third kappa shape index (κ3) is 3.89. The fourth-order valence-corrected chi connectivity index (χ4v) is 4.95. The van der Waals surface area contributed by atoms with E-state index in [1.807, 2.05) is 41.1 Å². The average Bonchev–Trinajstić information content (AvgIpc) is 3.36. The van der Waals surface area contributed by atoms with Crippen molar-refractivity contribution >= 4 is 39.9 Å². The van der Waals surface area contributed by atoms with Gasteiger partial charge < -0.3 is 9.88 Å². The third-order valence-corrected chi connectivity index (χ3v) is 6.51. The van der Waals surface area contributed by atoms with Crippen molar-refractivity contribution < 1.29 is 4.79 Å². The van der Waals surface area contributed by atoms with Crippen molar-refractivity contribution in [3.05, 3.63) is 74.9 Å². The number of benzene rings is 1. The number of carbonyl (C=O) groups excluding carboxylic acids is 1. The lowest BCUT2D eigenvalue weighted by molar-refractivity contribution is -0.112. The predicted molar refractivity (Wildman–Crippen MR) is 119 cm³/mol. The number of halogens is 1. The van der Waals surface area contributed by atoms with Crippen molar-refractivity contribution in [1.82, 2.24) is 4.57 Å². The van der Waals surface area contributed by atoms with Gasteiger partial charge in [-0.3, -0.25) is 4.79 Å². The lowest BCUT2D eigenvalue weighted by Gasteiger charge is -2.09. The van der Waals surface area contributed by atoms with Crippen LogP contribution in [0.5, 0.6) is 0 Å². The molecule has 148 valence electrons. The number of nitrogens with zero attached hydrogens (tertiary/aromatic N) is 3. The van der Waals surface area contributed by atoms with Crippen LogP contribution in [-0.2, 0) is 17.6 Å². The molecule has 0 atom stereocenters. The molecule has 0 radical (unpaired) electrons. The highest BCUT2D eigenvalue weighted by molar-refractivity contribution is 7.16. The zero-order chi connectivity index (χ0) is 21.1. The van der Waals surface area contributed by atoms with Gasteiger partial charge in [-0.1, -0.05) is 11.6 Å². The van der Waals surface area contributed by atoms with Crippen LogP contribution in [0.3, 0.4) is 0 Å². The van der Waals surface area contributed by atoms with Gasteiger partial charge in [-0.15, -0.1) is 11.3 Å². The minimum absolute atomic E-state index is 0.0285. The van der Waals surface area contributed by atoms with Crippen LogP contribution >= 0.6 is 22.9 Å². The minimum Gasteiger partial charge on any atom is -0.317 e. The van der Waals surface area contributed by atoms with Crippen LogP contribution in [0.1, 0.15) is 34.5 Å². The summed E-state index contributed by atoms with van der Waals surface area (Å²) in [7, 11) is 0. The average molecular weight is 433 g/mol. The van der Waals surface area contributed by atoms with Gasteiger partial charge in [0.1, 0.15) is 22.7 Å². The van der Waals surface area contributed by atoms with E-state index in [1.54, 1.807) is 18.2 Å². The van der Waals surface area contributed by atoms with Crippen LogP contribution in [0.15, 0.2) is 48.2 Å². The molecule has 1 aromatic carbocycles. The van der Waals surface area contributed by atoms with E-state index in [0.717, 1.165) is 41.8 Å². The molecule has 0 unspecified atom stereocenters. The number of anilines is 1. The molecule has 0 spiro atoms. The Labute approximate surface area is 183 Å². The van der Waals surface area contributed by atoms with E-state index in [0.29, 0.717) is 21.3 Å². The van der Waals surface area contributed by atoms with Crippen molar-refractivity contribution in [3.8, 4) is 17.8 Å². The first-order valence-electron chi connectivity index (χ1n) is 9.52. The molecular formula is C23H17ClN4OS. The fourth-order valence-electron chi connectivity index (χ4n) is 3.59. The van der Waals surface area contributed by atoms with Crippen LogP contribution in [0.25, 0.3) is 11.8 Å². The summed E-state index contributed by atoms with van der Waals surface area (Å²) in [6.45, 7) is 0. The van der Waals surface area contributed by atoms with E-state index in [1.165, 1.54) is 11.3 Å². The maximum atomic E-state index is 12.8. The first kappa shape index (κ1) is 20.0. The number of aromatic nitrogens is 1. The summed E-state index contributed by atoms with van der Waals surface area (Å²) in [6.07, 6.45) is 7.33. The van der Waals surface area contributed by atoms with Crippen LogP contribution < -0.4 is 5.32 Å². The molecule has 4 rings (SSSR count). The number of fused-ring (bicyclic) bond motifs is 1. The second kappa shape index (κ2) is 8.59. The van der Waals surface area contributed by atoms with Gasteiger partial charge in [-0.25, -0.2) is 0 Å². The molecule has 0 fully saturated rings. The highest BCUT2D eigenvalue weighted by atomic mass is 35.5. The molecule has 2 heterocycles. The second-order valence-corrected chi connectivity index (χ2v) is 8.47. The third-order valence-electron chi connectivity index (χ3n) is 5.05. The summed E-state index contributed by atoms with van der Waals surface area (Å²) in [6, 6.07) is 15.2. The van der Waals surface area contributed by atoms with Gasteiger partial charge >= 0.3 is 0 Å². The Morgan fingerprint density at radius 3 is 2.67 bits per heavy atom. The molecule has 30 heavy (non-hydrogen) atoms. The van der Waals surface area contributed by atoms with Gasteiger partial charge in [0.15, 0.2) is 0 Å². The summed E-state index contributed by atoms with van der Waals surface area (Å²) in [5.74, 6) is -0.517. The summed E-state index contributed by atoms with van der Waals surface area (Å²) >= 11 is 7.40. The van der Waals surface area contributed by atoms with Crippen molar-refractivity contribution in [2.24, 2.45) is 0 Å². The molecule has 0 saturated carbocycles. The predicted octanol–water partition coefficient (Wildman–Crippen LogP) is 5.49. The van der Waals surface area contributed by atoms with Crippen molar-refractivity contribution in [3.63, 3.8) is 0 Å². The minimum atomic E-state index is -0.517. The molecule has 0 saturated heterocycles. The lowest BCUT2D eigenvalue weighted by atomic mass is 9.96. The Bertz CT molecular complexity index is 1220. The van der Waals surface area contributed by atoms with Gasteiger partial charge in [0.05, 0.1) is 5.56 Å². The Kier molecular flexibility index (Phi) is 5.72. The molecule has 1 N–H and O–H groups in total. The number of nitrogens with one attached hydrogen (secondary N) is 1. The van der Waals surface area contributed by atoms with Gasteiger partial charge in [0, 0.05) is 27.5 Å². The van der Waals surface area contributed by atoms with E-state index >= 15 is 0 Å². The van der Waals surface area contributed by atoms with Gasteiger partial charge in [0.2, 0.25) is 0 Å². The number of amides is 1. The molecule has 1 aliphatic rings. The zero-order valence-corrected chi connectivity index (χ0v) is 17.6. The van der Waals surface area contributed by atoms with Gasteiger partial charge in [0.25, 0.3) is 5.91 Å². The Balaban J connectivity index is 1.62. The molecule has 7 heteroatoms. The van der Waals surface area contributed by atoms with Crippen molar-refractivity contribution in [1.29, 1.82) is 10.5 Å². The number of hydrogen-bond donors (Lipinski definition) is 1. The summed E-state index contributed by atoms with van der Waals surface area (Å²) < 4.78 is 1.87. The molecule has 0 aliphatic heterocycles. The van der Waals surface area contributed by atoms with Crippen molar-refractivity contribution in [2.45, 2.75) is 25.7 Å². The highest BCUT2D eigenvalue weighted by Gasteiger charge is 2.22. The summed E-state index contributed by atoms with van der Waals surface area (Å²) in [5.41, 5.74) is 3.10. The van der Waals surface area contributed by atoms with Crippen LogP contribution in [-0.4, -0.2) is 10.5 Å². The zero-order valence-electron chi connectivity index (χ0n) is 16.0. The molecule has 5 nitrogen and oxygen atoms in total. The quantitative estimate of drug-likeness (QED) is 0.437. The van der Waals surface area contributed by atoms with E-state index in [9.17, 15) is 15.3 Å². The number of rotatable bonds is 4. The van der Waals surface area contributed by atoms with Crippen LogP contribution in [0.4, 0.5) is 5.00 Å². The Morgan fingerprint density at radius 2 is 1.93 bits per heavy atom. The number of carbonyl (C=O) groups is 1. The first-order valence-corrected chi connectivity index (χ1v) is 10.7. The van der Waals surface area contributed by atoms with E-state index in [4.69, 9.17) is 11.6 Å². The maximum absolute atomic E-state index is 12.8. The van der Waals surface area contributed by atoms with E-state index in [2.05, 4.69) is 11.4 Å². The molecule has 1 aliphatic carbocycles. The highest BCUT2D eigenvalue weighted by Crippen LogP contribution is 2.37. The molecular weight excluding hydrogens is 416 g/mol. The summed E-state index contributed by atoms with van der Waals surface area (Å²) in [5, 5.41) is 23.1. The second-order valence-electron chi connectivity index (χ2n) is 6.93. The summed E-state index contributed by atoms with van der Waals surface area (Å²) in [4.78, 5) is 14.0. The molecule has 1 amide bonds. The van der Waals surface area contributed by atoms with Gasteiger partial charge in [-0.2, -0.15) is 10.5 Å². The van der Waals surface area contributed by atoms with E-state index < -0.39 is 5.91 Å². The molecule has 0 bridgehead atoms. The SMILES string of the molecule is N#C/C(=C\c1cccn1-c1ccc(Cl)cc1)C(=O)Nc1sc2c(c1C#N)CCCC2. The monoisotopic (exact) mass is 432 g/mol.